The number of thiophene rings is 1. The Morgan fingerprint density at radius 3 is 2.76 bits per heavy atom. The van der Waals surface area contributed by atoms with Crippen LogP contribution in [0.15, 0.2) is 47.8 Å². The monoisotopic (exact) mass is 477 g/mol. The maximum atomic E-state index is 13.9. The fourth-order valence-electron chi connectivity index (χ4n) is 5.82. The van der Waals surface area contributed by atoms with Crippen molar-refractivity contribution in [3.05, 3.63) is 59.1 Å². The molecule has 5 rings (SSSR count). The second-order valence-electron chi connectivity index (χ2n) is 10.5. The van der Waals surface area contributed by atoms with Gasteiger partial charge >= 0.3 is 0 Å². The minimum Gasteiger partial charge on any atom is -0.351 e. The van der Waals surface area contributed by atoms with Gasteiger partial charge in [0.2, 0.25) is 5.91 Å². The summed E-state index contributed by atoms with van der Waals surface area (Å²) in [6.45, 7) is 7.54. The molecule has 1 aliphatic heterocycles. The lowest BCUT2D eigenvalue weighted by Gasteiger charge is -2.45. The predicted octanol–water partition coefficient (Wildman–Crippen LogP) is 5.49. The number of hydrogen-bond acceptors (Lipinski definition) is 3. The first-order valence-corrected chi connectivity index (χ1v) is 13.5. The summed E-state index contributed by atoms with van der Waals surface area (Å²) in [5, 5.41) is 5.44. The molecule has 0 spiro atoms. The van der Waals surface area contributed by atoms with Crippen LogP contribution in [0.3, 0.4) is 0 Å². The van der Waals surface area contributed by atoms with Crippen molar-refractivity contribution in [3.8, 4) is 0 Å². The molecular weight excluding hydrogens is 442 g/mol. The van der Waals surface area contributed by atoms with Crippen LogP contribution in [0.1, 0.15) is 62.5 Å². The van der Waals surface area contributed by atoms with E-state index in [1.165, 1.54) is 12.0 Å². The summed E-state index contributed by atoms with van der Waals surface area (Å²) >= 11 is 1.64. The van der Waals surface area contributed by atoms with Crippen molar-refractivity contribution in [1.82, 2.24) is 14.8 Å². The zero-order valence-electron chi connectivity index (χ0n) is 20.4. The van der Waals surface area contributed by atoms with Crippen LogP contribution in [0.5, 0.6) is 0 Å². The molecule has 34 heavy (non-hydrogen) atoms. The molecule has 0 radical (unpaired) electrons. The number of aryl methyl sites for hydroxylation is 1. The van der Waals surface area contributed by atoms with Crippen molar-refractivity contribution < 1.29 is 9.59 Å². The fourth-order valence-corrected chi connectivity index (χ4v) is 6.64. The molecule has 3 aromatic rings. The van der Waals surface area contributed by atoms with E-state index in [1.54, 1.807) is 11.3 Å². The number of carbonyl (C=O) groups is 2. The van der Waals surface area contributed by atoms with Gasteiger partial charge in [0.25, 0.3) is 5.91 Å². The van der Waals surface area contributed by atoms with Crippen LogP contribution >= 0.6 is 11.3 Å². The Kier molecular flexibility index (Phi) is 6.28. The number of benzene rings is 1. The lowest BCUT2D eigenvalue weighted by atomic mass is 9.77. The molecular formula is C28H35N3O2S. The number of aromatic nitrogens is 1. The minimum atomic E-state index is -0.922. The summed E-state index contributed by atoms with van der Waals surface area (Å²) in [7, 11) is 0. The average Bonchev–Trinajstić information content (AvgIpc) is 3.42. The fraction of sp³-hybridized carbons (Fsp3) is 0.500. The van der Waals surface area contributed by atoms with Crippen LogP contribution in [-0.2, 0) is 17.8 Å². The average molecular weight is 478 g/mol. The first-order chi connectivity index (χ1) is 16.4. The molecule has 1 aliphatic carbocycles. The maximum absolute atomic E-state index is 13.9. The summed E-state index contributed by atoms with van der Waals surface area (Å²) in [5.74, 6) is 0.987. The van der Waals surface area contributed by atoms with Crippen LogP contribution in [-0.4, -0.2) is 39.4 Å². The summed E-state index contributed by atoms with van der Waals surface area (Å²) in [6.07, 6.45) is 5.08. The Bertz CT molecular complexity index is 1180. The van der Waals surface area contributed by atoms with Crippen molar-refractivity contribution in [1.29, 1.82) is 0 Å². The third-order valence-corrected chi connectivity index (χ3v) is 9.10. The molecule has 180 valence electrons. The highest BCUT2D eigenvalue weighted by atomic mass is 32.1. The number of carbonyl (C=O) groups excluding carboxylic acids is 2. The summed E-state index contributed by atoms with van der Waals surface area (Å²) in [5.41, 5.74) is 2.09. The lowest BCUT2D eigenvalue weighted by molar-refractivity contribution is -0.134. The first-order valence-electron chi connectivity index (χ1n) is 12.6. The predicted molar refractivity (Wildman–Crippen MR) is 138 cm³/mol. The summed E-state index contributed by atoms with van der Waals surface area (Å²) < 4.78 is 3.17. The van der Waals surface area contributed by atoms with Crippen LogP contribution in [0.2, 0.25) is 0 Å². The van der Waals surface area contributed by atoms with Crippen LogP contribution in [0, 0.1) is 11.8 Å². The lowest BCUT2D eigenvalue weighted by Crippen LogP contribution is -2.65. The molecule has 3 heterocycles. The van der Waals surface area contributed by atoms with E-state index in [-0.39, 0.29) is 17.9 Å². The third kappa shape index (κ3) is 4.06. The largest absolute Gasteiger partial charge is 0.351 e. The van der Waals surface area contributed by atoms with Gasteiger partial charge in [0, 0.05) is 12.6 Å². The van der Waals surface area contributed by atoms with E-state index in [2.05, 4.69) is 47.3 Å². The van der Waals surface area contributed by atoms with Gasteiger partial charge in [-0.2, -0.15) is 0 Å². The highest BCUT2D eigenvalue weighted by Crippen LogP contribution is 2.36. The topological polar surface area (TPSA) is 54.3 Å². The van der Waals surface area contributed by atoms with E-state index in [9.17, 15) is 9.59 Å². The molecule has 2 amide bonds. The first kappa shape index (κ1) is 23.2. The Labute approximate surface area is 206 Å². The standard InChI is InChI=1S/C28H35N3O2S/c1-19-9-7-13-22(20(19)2)29-27(33)28(3)18-30-23-14-16-34-25(23)17-24(30)26(32)31(28)15-8-12-21-10-5-4-6-11-21/h4-6,10-11,14,16-17,19-20,22H,7-9,12-13,15,18H2,1-3H3,(H,29,33)/t19-,20-,22+,28-/m1/s1. The molecule has 1 fully saturated rings. The van der Waals surface area contributed by atoms with Gasteiger partial charge in [-0.25, -0.2) is 0 Å². The summed E-state index contributed by atoms with van der Waals surface area (Å²) in [6, 6.07) is 14.6. The van der Waals surface area contributed by atoms with Gasteiger partial charge in [-0.05, 0) is 61.1 Å². The zero-order valence-corrected chi connectivity index (χ0v) is 21.2. The number of nitrogens with one attached hydrogen (secondary N) is 1. The Balaban J connectivity index is 1.42. The number of amides is 2. The van der Waals surface area contributed by atoms with E-state index in [1.807, 2.05) is 36.1 Å². The molecule has 0 saturated heterocycles. The van der Waals surface area contributed by atoms with Gasteiger partial charge < -0.3 is 14.8 Å². The molecule has 0 bridgehead atoms. The number of rotatable bonds is 6. The van der Waals surface area contributed by atoms with Crippen LogP contribution in [0.25, 0.3) is 10.2 Å². The van der Waals surface area contributed by atoms with Gasteiger partial charge in [0.15, 0.2) is 0 Å². The zero-order chi connectivity index (χ0) is 23.9. The van der Waals surface area contributed by atoms with Gasteiger partial charge in [-0.1, -0.05) is 57.0 Å². The Morgan fingerprint density at radius 2 is 1.97 bits per heavy atom. The van der Waals surface area contributed by atoms with E-state index in [0.717, 1.165) is 35.9 Å². The van der Waals surface area contributed by atoms with Crippen molar-refractivity contribution >= 4 is 33.4 Å². The molecule has 0 unspecified atom stereocenters. The normalized spacial score (nSPS) is 27.1. The molecule has 1 saturated carbocycles. The van der Waals surface area contributed by atoms with E-state index in [0.29, 0.717) is 30.6 Å². The van der Waals surface area contributed by atoms with Gasteiger partial charge in [-0.15, -0.1) is 11.3 Å². The SMILES string of the molecule is C[C@@H]1[C@H](C)CCC[C@@H]1NC(=O)[C@@]1(C)Cn2c(cc3sccc32)C(=O)N1CCCc1ccccc1. The number of fused-ring (bicyclic) bond motifs is 3. The molecule has 6 heteroatoms. The Hall–Kier alpha value is -2.60. The molecule has 1 N–H and O–H groups in total. The number of hydrogen-bond donors (Lipinski definition) is 1. The molecule has 5 nitrogen and oxygen atoms in total. The Morgan fingerprint density at radius 1 is 1.18 bits per heavy atom. The molecule has 4 atom stereocenters. The van der Waals surface area contributed by atoms with Crippen LogP contribution in [0.4, 0.5) is 0 Å². The highest BCUT2D eigenvalue weighted by molar-refractivity contribution is 7.17. The van der Waals surface area contributed by atoms with Crippen LogP contribution < -0.4 is 5.32 Å². The highest BCUT2D eigenvalue weighted by Gasteiger charge is 2.48. The molecule has 2 aliphatic rings. The van der Waals surface area contributed by atoms with Gasteiger partial charge in [0.1, 0.15) is 11.2 Å². The van der Waals surface area contributed by atoms with E-state index >= 15 is 0 Å². The second-order valence-corrected chi connectivity index (χ2v) is 11.4. The van der Waals surface area contributed by atoms with Crippen molar-refractivity contribution in [2.75, 3.05) is 6.54 Å². The summed E-state index contributed by atoms with van der Waals surface area (Å²) in [4.78, 5) is 29.6. The van der Waals surface area contributed by atoms with Gasteiger partial charge in [-0.3, -0.25) is 9.59 Å². The van der Waals surface area contributed by atoms with Crippen molar-refractivity contribution in [2.45, 2.75) is 71.0 Å². The van der Waals surface area contributed by atoms with Crippen molar-refractivity contribution in [3.63, 3.8) is 0 Å². The quantitative estimate of drug-likeness (QED) is 0.510. The van der Waals surface area contributed by atoms with E-state index < -0.39 is 5.54 Å². The third-order valence-electron chi connectivity index (χ3n) is 8.25. The van der Waals surface area contributed by atoms with Crippen molar-refractivity contribution in [2.24, 2.45) is 11.8 Å². The van der Waals surface area contributed by atoms with E-state index in [4.69, 9.17) is 0 Å². The van der Waals surface area contributed by atoms with Gasteiger partial charge in [0.05, 0.1) is 16.8 Å². The smallest absolute Gasteiger partial charge is 0.271 e. The number of nitrogens with zero attached hydrogens (tertiary/aromatic N) is 2. The molecule has 1 aromatic carbocycles. The minimum absolute atomic E-state index is 0.0192. The molecule has 2 aromatic heterocycles. The maximum Gasteiger partial charge on any atom is 0.271 e. The second kappa shape index (κ2) is 9.21.